The number of fused-ring (bicyclic) bond motifs is 1. The van der Waals surface area contributed by atoms with Gasteiger partial charge in [-0.15, -0.1) is 0 Å². The smallest absolute Gasteiger partial charge is 0.197 e. The second kappa shape index (κ2) is 7.94. The fraction of sp³-hybridized carbons (Fsp3) is 0.125. The largest absolute Gasteiger partial charge is 0.457 e. The molecule has 30 heavy (non-hydrogen) atoms. The van der Waals surface area contributed by atoms with Gasteiger partial charge in [0.15, 0.2) is 5.43 Å². The van der Waals surface area contributed by atoms with Crippen LogP contribution in [0.25, 0.3) is 22.0 Å². The van der Waals surface area contributed by atoms with Crippen molar-refractivity contribution in [1.29, 1.82) is 0 Å². The monoisotopic (exact) mass is 423 g/mol. The average Bonchev–Trinajstić information content (AvgIpc) is 2.71. The minimum absolute atomic E-state index is 0.175. The van der Waals surface area contributed by atoms with Crippen molar-refractivity contribution in [3.8, 4) is 22.6 Å². The van der Waals surface area contributed by atoms with Crippen LogP contribution in [0.15, 0.2) is 59.4 Å². The van der Waals surface area contributed by atoms with Gasteiger partial charge in [0.05, 0.1) is 12.2 Å². The predicted octanol–water partition coefficient (Wildman–Crippen LogP) is 5.89. The second-order valence-electron chi connectivity index (χ2n) is 7.16. The number of hydrogen-bond acceptors (Lipinski definition) is 3. The van der Waals surface area contributed by atoms with Gasteiger partial charge in [-0.1, -0.05) is 29.3 Å². The van der Waals surface area contributed by atoms with Gasteiger partial charge in [-0.3, -0.25) is 4.79 Å². The first kappa shape index (κ1) is 20.1. The van der Waals surface area contributed by atoms with Crippen LogP contribution in [0.1, 0.15) is 16.8 Å². The van der Waals surface area contributed by atoms with E-state index in [1.165, 1.54) is 18.2 Å². The minimum atomic E-state index is -0.564. The summed E-state index contributed by atoms with van der Waals surface area (Å²) in [4.78, 5) is 16.2. The number of benzene rings is 3. The van der Waals surface area contributed by atoms with Crippen LogP contribution in [0.5, 0.6) is 11.5 Å². The third kappa shape index (κ3) is 3.70. The molecule has 0 aliphatic rings. The number of halogens is 2. The van der Waals surface area contributed by atoms with E-state index in [1.807, 2.05) is 31.2 Å². The molecule has 4 aromatic rings. The van der Waals surface area contributed by atoms with Gasteiger partial charge in [0.25, 0.3) is 0 Å². The molecule has 0 radical (unpaired) electrons. The normalized spacial score (nSPS) is 11.1. The van der Waals surface area contributed by atoms with E-state index in [-0.39, 0.29) is 28.2 Å². The fourth-order valence-corrected chi connectivity index (χ4v) is 3.65. The maximum Gasteiger partial charge on any atom is 0.197 e. The van der Waals surface area contributed by atoms with Gasteiger partial charge in [0.2, 0.25) is 0 Å². The lowest BCUT2D eigenvalue weighted by molar-refractivity contribution is 0.282. The Kier molecular flexibility index (Phi) is 5.33. The Hall–Kier alpha value is -3.15. The van der Waals surface area contributed by atoms with E-state index < -0.39 is 5.82 Å². The lowest BCUT2D eigenvalue weighted by atomic mass is 10.00. The zero-order valence-electron chi connectivity index (χ0n) is 16.4. The van der Waals surface area contributed by atoms with E-state index in [2.05, 4.69) is 4.98 Å². The number of aliphatic hydroxyl groups excluding tert-OH is 1. The topological polar surface area (TPSA) is 62.3 Å². The molecule has 0 atom stereocenters. The molecule has 0 saturated carbocycles. The van der Waals surface area contributed by atoms with Gasteiger partial charge in [0.1, 0.15) is 17.3 Å². The van der Waals surface area contributed by atoms with Crippen molar-refractivity contribution in [1.82, 2.24) is 4.98 Å². The summed E-state index contributed by atoms with van der Waals surface area (Å²) in [5.74, 6) is 0.373. The highest BCUT2D eigenvalue weighted by atomic mass is 35.5. The first-order valence-electron chi connectivity index (χ1n) is 9.37. The van der Waals surface area contributed by atoms with E-state index in [1.54, 1.807) is 19.1 Å². The highest BCUT2D eigenvalue weighted by Gasteiger charge is 2.17. The predicted molar refractivity (Wildman–Crippen MR) is 117 cm³/mol. The average molecular weight is 424 g/mol. The minimum Gasteiger partial charge on any atom is -0.457 e. The summed E-state index contributed by atoms with van der Waals surface area (Å²) in [6.07, 6.45) is 0. The quantitative estimate of drug-likeness (QED) is 0.430. The van der Waals surface area contributed by atoms with Gasteiger partial charge >= 0.3 is 0 Å². The Morgan fingerprint density at radius 2 is 1.73 bits per heavy atom. The zero-order chi connectivity index (χ0) is 21.4. The summed E-state index contributed by atoms with van der Waals surface area (Å²) >= 11 is 6.15. The molecule has 0 bridgehead atoms. The first-order valence-corrected chi connectivity index (χ1v) is 9.75. The Balaban J connectivity index is 1.78. The summed E-state index contributed by atoms with van der Waals surface area (Å²) in [7, 11) is 0. The number of aliphatic hydroxyl groups is 1. The van der Waals surface area contributed by atoms with E-state index in [0.717, 1.165) is 5.56 Å². The van der Waals surface area contributed by atoms with Gasteiger partial charge < -0.3 is 14.8 Å². The molecule has 4 nitrogen and oxygen atoms in total. The Bertz CT molecular complexity index is 1310. The van der Waals surface area contributed by atoms with Crippen LogP contribution in [-0.2, 0) is 6.61 Å². The van der Waals surface area contributed by atoms with Crippen molar-refractivity contribution in [2.75, 3.05) is 0 Å². The van der Waals surface area contributed by atoms with Crippen molar-refractivity contribution in [2.24, 2.45) is 0 Å². The number of H-pyrrole nitrogens is 1. The van der Waals surface area contributed by atoms with Crippen LogP contribution in [0.3, 0.4) is 0 Å². The fourth-order valence-electron chi connectivity index (χ4n) is 3.43. The molecule has 0 aliphatic heterocycles. The van der Waals surface area contributed by atoms with Gasteiger partial charge in [0, 0.05) is 33.2 Å². The van der Waals surface area contributed by atoms with Crippen molar-refractivity contribution in [3.05, 3.63) is 92.5 Å². The number of aryl methyl sites for hydroxylation is 2. The standard InChI is InChI=1S/C24H19ClFNO3/c1-13-3-5-16(6-4-13)30-17-7-8-18(21(26)10-17)23-14(2)27-22-9-15(12-28)20(25)11-19(22)24(23)29/h3-11,28H,12H2,1-2H3,(H,27,29). The van der Waals surface area contributed by atoms with Crippen LogP contribution in [0, 0.1) is 19.7 Å². The Morgan fingerprint density at radius 1 is 1.03 bits per heavy atom. The number of hydrogen-bond donors (Lipinski definition) is 2. The Labute approximate surface area is 177 Å². The van der Waals surface area contributed by atoms with Crippen LogP contribution in [0.4, 0.5) is 4.39 Å². The number of aromatic nitrogens is 1. The summed E-state index contributed by atoms with van der Waals surface area (Å²) in [5.41, 5.74) is 2.74. The van der Waals surface area contributed by atoms with Gasteiger partial charge in [-0.05, 0) is 55.8 Å². The molecule has 0 amide bonds. The molecule has 0 aliphatic carbocycles. The van der Waals surface area contributed by atoms with E-state index in [9.17, 15) is 14.3 Å². The number of nitrogens with one attached hydrogen (secondary N) is 1. The van der Waals surface area contributed by atoms with Crippen molar-refractivity contribution < 1.29 is 14.2 Å². The summed E-state index contributed by atoms with van der Waals surface area (Å²) in [5, 5.41) is 10.0. The molecule has 152 valence electrons. The number of pyridine rings is 1. The number of rotatable bonds is 4. The van der Waals surface area contributed by atoms with E-state index >= 15 is 0 Å². The molecule has 0 spiro atoms. The van der Waals surface area contributed by atoms with Gasteiger partial charge in [-0.25, -0.2) is 4.39 Å². The maximum atomic E-state index is 15.0. The number of aromatic amines is 1. The van der Waals surface area contributed by atoms with E-state index in [4.69, 9.17) is 16.3 Å². The van der Waals surface area contributed by atoms with Gasteiger partial charge in [-0.2, -0.15) is 0 Å². The molecule has 2 N–H and O–H groups in total. The lowest BCUT2D eigenvalue weighted by Gasteiger charge is -2.12. The van der Waals surface area contributed by atoms with Crippen LogP contribution < -0.4 is 10.2 Å². The summed E-state index contributed by atoms with van der Waals surface area (Å²) in [6, 6.07) is 15.0. The second-order valence-corrected chi connectivity index (χ2v) is 7.57. The lowest BCUT2D eigenvalue weighted by Crippen LogP contribution is -2.11. The van der Waals surface area contributed by atoms with Crippen molar-refractivity contribution >= 4 is 22.5 Å². The molecule has 0 unspecified atom stereocenters. The third-order valence-corrected chi connectivity index (χ3v) is 5.34. The summed E-state index contributed by atoms with van der Waals surface area (Å²) in [6.45, 7) is 3.44. The molecule has 6 heteroatoms. The Morgan fingerprint density at radius 3 is 2.40 bits per heavy atom. The molecule has 3 aromatic carbocycles. The molecule has 4 rings (SSSR count). The number of ether oxygens (including phenoxy) is 1. The molecule has 1 heterocycles. The first-order chi connectivity index (χ1) is 14.4. The molecule has 1 aromatic heterocycles. The van der Waals surface area contributed by atoms with Crippen molar-refractivity contribution in [3.63, 3.8) is 0 Å². The third-order valence-electron chi connectivity index (χ3n) is 4.99. The molecule has 0 fully saturated rings. The van der Waals surface area contributed by atoms with E-state index in [0.29, 0.717) is 33.7 Å². The van der Waals surface area contributed by atoms with Crippen LogP contribution in [0.2, 0.25) is 5.02 Å². The zero-order valence-corrected chi connectivity index (χ0v) is 17.2. The molecular formula is C24H19ClFNO3. The molecule has 0 saturated heterocycles. The maximum absolute atomic E-state index is 15.0. The highest BCUT2D eigenvalue weighted by molar-refractivity contribution is 6.32. The van der Waals surface area contributed by atoms with Crippen LogP contribution >= 0.6 is 11.6 Å². The van der Waals surface area contributed by atoms with Crippen molar-refractivity contribution in [2.45, 2.75) is 20.5 Å². The molecular weight excluding hydrogens is 405 g/mol. The highest BCUT2D eigenvalue weighted by Crippen LogP contribution is 2.30. The van der Waals surface area contributed by atoms with Crippen LogP contribution in [-0.4, -0.2) is 10.1 Å². The summed E-state index contributed by atoms with van der Waals surface area (Å²) < 4.78 is 20.7. The SMILES string of the molecule is Cc1ccc(Oc2ccc(-c3c(C)[nH]c4cc(CO)c(Cl)cc4c3=O)c(F)c2)cc1.